The van der Waals surface area contributed by atoms with E-state index in [4.69, 9.17) is 27.2 Å². The van der Waals surface area contributed by atoms with Gasteiger partial charge in [-0.15, -0.1) is 11.6 Å². The number of ether oxygens (including phenoxy) is 1. The molecule has 86 valence electrons. The molecule has 0 unspecified atom stereocenters. The van der Waals surface area contributed by atoms with Crippen LogP contribution in [0.2, 0.25) is 0 Å². The second-order valence-electron chi connectivity index (χ2n) is 2.93. The van der Waals surface area contributed by atoms with E-state index in [1.807, 2.05) is 0 Å². The Hall–Kier alpha value is -1.75. The van der Waals surface area contributed by atoms with Crippen molar-refractivity contribution in [2.45, 2.75) is 0 Å². The highest BCUT2D eigenvalue weighted by Gasteiger charge is 2.08. The second kappa shape index (κ2) is 5.37. The largest absolute Gasteiger partial charge is 0.494 e. The molecule has 0 aliphatic heterocycles. The maximum atomic E-state index is 10.8. The Morgan fingerprint density at radius 1 is 1.62 bits per heavy atom. The van der Waals surface area contributed by atoms with Crippen molar-refractivity contribution in [3.63, 3.8) is 0 Å². The van der Waals surface area contributed by atoms with E-state index >= 15 is 0 Å². The first kappa shape index (κ1) is 12.3. The minimum Gasteiger partial charge on any atom is -0.494 e. The fourth-order valence-corrected chi connectivity index (χ4v) is 1.15. The molecule has 0 radical (unpaired) electrons. The molecule has 0 spiro atoms. The van der Waals surface area contributed by atoms with E-state index in [9.17, 15) is 4.79 Å². The van der Waals surface area contributed by atoms with Gasteiger partial charge in [-0.3, -0.25) is 0 Å². The monoisotopic (exact) mass is 242 g/mol. The van der Waals surface area contributed by atoms with Crippen LogP contribution in [0.4, 0.5) is 5.69 Å². The van der Waals surface area contributed by atoms with Gasteiger partial charge in [0.15, 0.2) is 0 Å². The molecule has 1 aromatic carbocycles. The minimum atomic E-state index is -1.04. The lowest BCUT2D eigenvalue weighted by Crippen LogP contribution is -2.12. The Balaban J connectivity index is 3.22. The molecule has 0 aliphatic rings. The Kier molecular flexibility index (Phi) is 4.13. The highest BCUT2D eigenvalue weighted by Crippen LogP contribution is 2.28. The third kappa shape index (κ3) is 2.87. The fraction of sp³-hybridized carbons (Fsp3) is 0.200. The van der Waals surface area contributed by atoms with Crippen LogP contribution >= 0.6 is 11.6 Å². The molecular weight excluding hydrogens is 232 g/mol. The highest BCUT2D eigenvalue weighted by atomic mass is 35.5. The topological polar surface area (TPSA) is 84.9 Å². The SMILES string of the molecule is COc1ccc(C(=O)O)cc1N=C(N)CCl. The maximum Gasteiger partial charge on any atom is 0.335 e. The number of carbonyl (C=O) groups is 1. The van der Waals surface area contributed by atoms with Crippen LogP contribution in [-0.4, -0.2) is 29.9 Å². The Bertz CT molecular complexity index is 432. The van der Waals surface area contributed by atoms with E-state index in [2.05, 4.69) is 4.99 Å². The van der Waals surface area contributed by atoms with Crippen molar-refractivity contribution in [3.05, 3.63) is 23.8 Å². The zero-order chi connectivity index (χ0) is 12.1. The Labute approximate surface area is 97.5 Å². The highest BCUT2D eigenvalue weighted by molar-refractivity contribution is 6.28. The number of aromatic carboxylic acids is 1. The molecule has 3 N–H and O–H groups in total. The zero-order valence-electron chi connectivity index (χ0n) is 8.61. The summed E-state index contributed by atoms with van der Waals surface area (Å²) in [4.78, 5) is 14.7. The van der Waals surface area contributed by atoms with Crippen molar-refractivity contribution in [1.82, 2.24) is 0 Å². The molecular formula is C10H11ClN2O3. The number of halogens is 1. The molecule has 0 bridgehead atoms. The molecule has 0 aromatic heterocycles. The van der Waals surface area contributed by atoms with Gasteiger partial charge in [0, 0.05) is 0 Å². The molecule has 0 fully saturated rings. The predicted molar refractivity (Wildman–Crippen MR) is 62.0 cm³/mol. The molecule has 0 aliphatic carbocycles. The number of amidine groups is 1. The summed E-state index contributed by atoms with van der Waals surface area (Å²) < 4.78 is 5.03. The fourth-order valence-electron chi connectivity index (χ4n) is 1.09. The smallest absolute Gasteiger partial charge is 0.335 e. The molecule has 0 atom stereocenters. The normalized spacial score (nSPS) is 11.2. The number of rotatable bonds is 4. The number of alkyl halides is 1. The molecule has 0 saturated carbocycles. The number of hydrogen-bond donors (Lipinski definition) is 2. The van der Waals surface area contributed by atoms with E-state index < -0.39 is 5.97 Å². The van der Waals surface area contributed by atoms with E-state index in [1.165, 1.54) is 25.3 Å². The molecule has 0 heterocycles. The molecule has 16 heavy (non-hydrogen) atoms. The van der Waals surface area contributed by atoms with E-state index in [0.717, 1.165) is 0 Å². The lowest BCUT2D eigenvalue weighted by Gasteiger charge is -2.05. The van der Waals surface area contributed by atoms with Gasteiger partial charge in [-0.05, 0) is 18.2 Å². The Morgan fingerprint density at radius 2 is 2.31 bits per heavy atom. The van der Waals surface area contributed by atoms with E-state index in [-0.39, 0.29) is 17.3 Å². The molecule has 1 rings (SSSR count). The van der Waals surface area contributed by atoms with Crippen molar-refractivity contribution in [2.24, 2.45) is 10.7 Å². The minimum absolute atomic E-state index is 0.0699. The summed E-state index contributed by atoms with van der Waals surface area (Å²) in [5, 5.41) is 8.82. The third-order valence-electron chi connectivity index (χ3n) is 1.83. The summed E-state index contributed by atoms with van der Waals surface area (Å²) >= 11 is 5.49. The standard InChI is InChI=1S/C10H11ClN2O3/c1-16-8-3-2-6(10(14)15)4-7(8)13-9(12)5-11/h2-4H,5H2,1H3,(H2,12,13)(H,14,15). The first-order valence-electron chi connectivity index (χ1n) is 4.38. The van der Waals surface area contributed by atoms with Gasteiger partial charge in [0.05, 0.1) is 18.6 Å². The number of methoxy groups -OCH3 is 1. The Morgan fingerprint density at radius 3 is 2.81 bits per heavy atom. The van der Waals surface area contributed by atoms with Gasteiger partial charge >= 0.3 is 5.97 Å². The van der Waals surface area contributed by atoms with Crippen LogP contribution in [0.1, 0.15) is 10.4 Å². The number of nitrogens with two attached hydrogens (primary N) is 1. The van der Waals surface area contributed by atoms with Gasteiger partial charge < -0.3 is 15.6 Å². The molecule has 0 saturated heterocycles. The lowest BCUT2D eigenvalue weighted by molar-refractivity contribution is 0.0697. The molecule has 6 heteroatoms. The molecule has 1 aromatic rings. The third-order valence-corrected chi connectivity index (χ3v) is 2.10. The first-order valence-corrected chi connectivity index (χ1v) is 4.92. The number of benzene rings is 1. The number of carboxylic acids is 1. The van der Waals surface area contributed by atoms with Gasteiger partial charge in [-0.1, -0.05) is 0 Å². The summed E-state index contributed by atoms with van der Waals surface area (Å²) in [5.41, 5.74) is 5.93. The van der Waals surface area contributed by atoms with Crippen molar-refractivity contribution in [2.75, 3.05) is 13.0 Å². The summed E-state index contributed by atoms with van der Waals surface area (Å²) in [6, 6.07) is 4.32. The molecule has 5 nitrogen and oxygen atoms in total. The van der Waals surface area contributed by atoms with Crippen LogP contribution in [-0.2, 0) is 0 Å². The zero-order valence-corrected chi connectivity index (χ0v) is 9.36. The predicted octanol–water partition coefficient (Wildman–Crippen LogP) is 1.62. The summed E-state index contributed by atoms with van der Waals surface area (Å²) in [6.07, 6.45) is 0. The number of nitrogens with zero attached hydrogens (tertiary/aromatic N) is 1. The summed E-state index contributed by atoms with van der Waals surface area (Å²) in [7, 11) is 1.46. The van der Waals surface area contributed by atoms with Gasteiger partial charge in [-0.2, -0.15) is 0 Å². The second-order valence-corrected chi connectivity index (χ2v) is 3.20. The lowest BCUT2D eigenvalue weighted by atomic mass is 10.2. The van der Waals surface area contributed by atoms with Crippen molar-refractivity contribution >= 4 is 29.1 Å². The van der Waals surface area contributed by atoms with Crippen molar-refractivity contribution < 1.29 is 14.6 Å². The van der Waals surface area contributed by atoms with E-state index in [1.54, 1.807) is 0 Å². The maximum absolute atomic E-state index is 10.8. The van der Waals surface area contributed by atoms with Crippen LogP contribution in [0, 0.1) is 0 Å². The van der Waals surface area contributed by atoms with Crippen molar-refractivity contribution in [3.8, 4) is 5.75 Å². The van der Waals surface area contributed by atoms with Crippen LogP contribution in [0.15, 0.2) is 23.2 Å². The first-order chi connectivity index (χ1) is 7.58. The molecule has 0 amide bonds. The van der Waals surface area contributed by atoms with E-state index in [0.29, 0.717) is 11.4 Å². The quantitative estimate of drug-likeness (QED) is 0.477. The summed E-state index contributed by atoms with van der Waals surface area (Å²) in [6.45, 7) is 0. The van der Waals surface area contributed by atoms with Crippen LogP contribution < -0.4 is 10.5 Å². The average Bonchev–Trinajstić information content (AvgIpc) is 2.28. The van der Waals surface area contributed by atoms with Crippen LogP contribution in [0.25, 0.3) is 0 Å². The van der Waals surface area contributed by atoms with Gasteiger partial charge in [0.25, 0.3) is 0 Å². The van der Waals surface area contributed by atoms with Crippen LogP contribution in [0.5, 0.6) is 5.75 Å². The van der Waals surface area contributed by atoms with Gasteiger partial charge in [0.1, 0.15) is 17.3 Å². The van der Waals surface area contributed by atoms with Crippen molar-refractivity contribution in [1.29, 1.82) is 0 Å². The van der Waals surface area contributed by atoms with Gasteiger partial charge in [0.2, 0.25) is 0 Å². The average molecular weight is 243 g/mol. The summed E-state index contributed by atoms with van der Waals surface area (Å²) in [5.74, 6) is -0.329. The van der Waals surface area contributed by atoms with Crippen LogP contribution in [0.3, 0.4) is 0 Å². The number of carboxylic acid groups (broad SMARTS) is 1. The van der Waals surface area contributed by atoms with Gasteiger partial charge in [-0.25, -0.2) is 9.79 Å². The number of hydrogen-bond acceptors (Lipinski definition) is 3. The number of aliphatic imine (C=N–C) groups is 1.